The third kappa shape index (κ3) is 2.33. The molecule has 1 aliphatic rings. The standard InChI is InChI=1S/C16H19N3O/c1-12-7-10-19(17-12)13(2)11-16(20)18-9-8-14-5-3-4-6-15(14)18/h3-7,10,13H,8-9,11H2,1-2H3/t13-/m1/s1. The number of para-hydroxylation sites is 1. The van der Waals surface area contributed by atoms with E-state index < -0.39 is 0 Å². The second-order valence-electron chi connectivity index (χ2n) is 5.41. The average Bonchev–Trinajstić information content (AvgIpc) is 3.04. The van der Waals surface area contributed by atoms with Crippen LogP contribution in [0.1, 0.15) is 30.6 Å². The van der Waals surface area contributed by atoms with Gasteiger partial charge in [-0.1, -0.05) is 18.2 Å². The summed E-state index contributed by atoms with van der Waals surface area (Å²) in [5.41, 5.74) is 3.32. The first-order chi connectivity index (χ1) is 9.65. The lowest BCUT2D eigenvalue weighted by Crippen LogP contribution is -2.30. The molecule has 0 bridgehead atoms. The zero-order valence-electron chi connectivity index (χ0n) is 11.9. The van der Waals surface area contributed by atoms with Crippen molar-refractivity contribution in [2.24, 2.45) is 0 Å². The number of amides is 1. The zero-order valence-corrected chi connectivity index (χ0v) is 11.9. The Kier molecular flexibility index (Phi) is 3.30. The van der Waals surface area contributed by atoms with Crippen molar-refractivity contribution < 1.29 is 4.79 Å². The van der Waals surface area contributed by atoms with Crippen molar-refractivity contribution in [1.82, 2.24) is 9.78 Å². The zero-order chi connectivity index (χ0) is 14.1. The van der Waals surface area contributed by atoms with E-state index in [-0.39, 0.29) is 11.9 Å². The van der Waals surface area contributed by atoms with Crippen LogP contribution in [-0.4, -0.2) is 22.2 Å². The Bertz CT molecular complexity index is 632. The maximum Gasteiger partial charge on any atom is 0.229 e. The van der Waals surface area contributed by atoms with Gasteiger partial charge in [0.05, 0.1) is 11.7 Å². The van der Waals surface area contributed by atoms with Gasteiger partial charge in [0.15, 0.2) is 0 Å². The highest BCUT2D eigenvalue weighted by Crippen LogP contribution is 2.28. The quantitative estimate of drug-likeness (QED) is 0.859. The summed E-state index contributed by atoms with van der Waals surface area (Å²) in [6.45, 7) is 4.79. The number of hydrogen-bond acceptors (Lipinski definition) is 2. The summed E-state index contributed by atoms with van der Waals surface area (Å²) in [5.74, 6) is 0.176. The van der Waals surface area contributed by atoms with Crippen LogP contribution in [0.15, 0.2) is 36.5 Å². The number of hydrogen-bond donors (Lipinski definition) is 0. The van der Waals surface area contributed by atoms with Crippen molar-refractivity contribution >= 4 is 11.6 Å². The molecular weight excluding hydrogens is 250 g/mol. The lowest BCUT2D eigenvalue weighted by atomic mass is 10.1. The number of carbonyl (C=O) groups is 1. The van der Waals surface area contributed by atoms with Crippen molar-refractivity contribution in [1.29, 1.82) is 0 Å². The van der Waals surface area contributed by atoms with Gasteiger partial charge in [-0.3, -0.25) is 9.48 Å². The van der Waals surface area contributed by atoms with E-state index in [1.807, 2.05) is 53.9 Å². The molecule has 2 aromatic rings. The summed E-state index contributed by atoms with van der Waals surface area (Å²) >= 11 is 0. The van der Waals surface area contributed by atoms with Crippen molar-refractivity contribution in [2.45, 2.75) is 32.7 Å². The Labute approximate surface area is 119 Å². The van der Waals surface area contributed by atoms with E-state index in [1.165, 1.54) is 5.56 Å². The summed E-state index contributed by atoms with van der Waals surface area (Å²) in [7, 11) is 0. The molecule has 0 aliphatic carbocycles. The van der Waals surface area contributed by atoms with Crippen LogP contribution in [-0.2, 0) is 11.2 Å². The van der Waals surface area contributed by atoms with E-state index in [4.69, 9.17) is 0 Å². The minimum atomic E-state index is 0.0870. The molecule has 2 heterocycles. The molecule has 0 spiro atoms. The van der Waals surface area contributed by atoms with Crippen molar-refractivity contribution in [3.63, 3.8) is 0 Å². The number of benzene rings is 1. The van der Waals surface area contributed by atoms with Crippen molar-refractivity contribution in [2.75, 3.05) is 11.4 Å². The summed E-state index contributed by atoms with van der Waals surface area (Å²) in [6.07, 6.45) is 3.37. The van der Waals surface area contributed by atoms with Gasteiger partial charge in [0, 0.05) is 24.8 Å². The molecule has 0 N–H and O–H groups in total. The molecule has 4 nitrogen and oxygen atoms in total. The number of anilines is 1. The lowest BCUT2D eigenvalue weighted by molar-refractivity contribution is -0.119. The van der Waals surface area contributed by atoms with Gasteiger partial charge in [-0.15, -0.1) is 0 Å². The van der Waals surface area contributed by atoms with E-state index in [9.17, 15) is 4.79 Å². The number of nitrogens with zero attached hydrogens (tertiary/aromatic N) is 3. The Morgan fingerprint density at radius 3 is 2.90 bits per heavy atom. The molecule has 1 aliphatic heterocycles. The molecule has 0 fully saturated rings. The largest absolute Gasteiger partial charge is 0.312 e. The van der Waals surface area contributed by atoms with Gasteiger partial charge in [0.1, 0.15) is 0 Å². The number of rotatable bonds is 3. The van der Waals surface area contributed by atoms with Crippen LogP contribution in [0.2, 0.25) is 0 Å². The summed E-state index contributed by atoms with van der Waals surface area (Å²) < 4.78 is 1.87. The van der Waals surface area contributed by atoms with E-state index in [0.29, 0.717) is 6.42 Å². The topological polar surface area (TPSA) is 38.1 Å². The van der Waals surface area contributed by atoms with E-state index >= 15 is 0 Å². The van der Waals surface area contributed by atoms with E-state index in [2.05, 4.69) is 11.2 Å². The molecule has 0 saturated carbocycles. The summed E-state index contributed by atoms with van der Waals surface area (Å²) in [4.78, 5) is 14.4. The molecule has 3 rings (SSSR count). The van der Waals surface area contributed by atoms with Crippen LogP contribution in [0.4, 0.5) is 5.69 Å². The molecule has 4 heteroatoms. The highest BCUT2D eigenvalue weighted by atomic mass is 16.2. The maximum atomic E-state index is 12.5. The molecule has 0 radical (unpaired) electrons. The monoisotopic (exact) mass is 269 g/mol. The summed E-state index contributed by atoms with van der Waals surface area (Å²) in [6, 6.07) is 10.2. The molecule has 1 atom stereocenters. The first kappa shape index (κ1) is 12.9. The SMILES string of the molecule is Cc1ccn([C@H](C)CC(=O)N2CCc3ccccc32)n1. The molecule has 0 unspecified atom stereocenters. The third-order valence-corrected chi connectivity index (χ3v) is 3.85. The van der Waals surface area contributed by atoms with Crippen LogP contribution in [0.5, 0.6) is 0 Å². The van der Waals surface area contributed by atoms with E-state index in [0.717, 1.165) is 24.3 Å². The van der Waals surface area contributed by atoms with Gasteiger partial charge in [-0.25, -0.2) is 0 Å². The average molecular weight is 269 g/mol. The Balaban J connectivity index is 1.72. The smallest absolute Gasteiger partial charge is 0.229 e. The highest BCUT2D eigenvalue weighted by Gasteiger charge is 2.25. The minimum Gasteiger partial charge on any atom is -0.312 e. The molecule has 1 aromatic carbocycles. The van der Waals surface area contributed by atoms with Gasteiger partial charge in [0.2, 0.25) is 5.91 Å². The number of aryl methyl sites for hydroxylation is 1. The molecule has 1 amide bonds. The van der Waals surface area contributed by atoms with Crippen LogP contribution in [0, 0.1) is 6.92 Å². The molecule has 20 heavy (non-hydrogen) atoms. The molecule has 0 saturated heterocycles. The number of carbonyl (C=O) groups excluding carboxylic acids is 1. The second-order valence-corrected chi connectivity index (χ2v) is 5.41. The van der Waals surface area contributed by atoms with Gasteiger partial charge < -0.3 is 4.90 Å². The summed E-state index contributed by atoms with van der Waals surface area (Å²) in [5, 5.41) is 4.38. The number of fused-ring (bicyclic) bond motifs is 1. The van der Waals surface area contributed by atoms with Crippen molar-refractivity contribution in [3.05, 3.63) is 47.8 Å². The normalized spacial score (nSPS) is 15.2. The van der Waals surface area contributed by atoms with Crippen LogP contribution in [0.3, 0.4) is 0 Å². The fourth-order valence-corrected chi connectivity index (χ4v) is 2.73. The van der Waals surface area contributed by atoms with Crippen LogP contribution < -0.4 is 4.90 Å². The van der Waals surface area contributed by atoms with Crippen molar-refractivity contribution in [3.8, 4) is 0 Å². The first-order valence-electron chi connectivity index (χ1n) is 7.05. The van der Waals surface area contributed by atoms with E-state index in [1.54, 1.807) is 0 Å². The Morgan fingerprint density at radius 2 is 2.15 bits per heavy atom. The van der Waals surface area contributed by atoms with Gasteiger partial charge in [-0.05, 0) is 38.0 Å². The fraction of sp³-hybridized carbons (Fsp3) is 0.375. The lowest BCUT2D eigenvalue weighted by Gasteiger charge is -2.20. The highest BCUT2D eigenvalue weighted by molar-refractivity contribution is 5.95. The van der Waals surface area contributed by atoms with Gasteiger partial charge in [0.25, 0.3) is 0 Å². The number of aromatic nitrogens is 2. The fourth-order valence-electron chi connectivity index (χ4n) is 2.73. The predicted octanol–water partition coefficient (Wildman–Crippen LogP) is 2.73. The van der Waals surface area contributed by atoms with Gasteiger partial charge >= 0.3 is 0 Å². The Hall–Kier alpha value is -2.10. The second kappa shape index (κ2) is 5.12. The predicted molar refractivity (Wildman–Crippen MR) is 78.8 cm³/mol. The minimum absolute atomic E-state index is 0.0870. The molecular formula is C16H19N3O. The third-order valence-electron chi connectivity index (χ3n) is 3.85. The van der Waals surface area contributed by atoms with Gasteiger partial charge in [-0.2, -0.15) is 5.10 Å². The van der Waals surface area contributed by atoms with Crippen LogP contribution >= 0.6 is 0 Å². The van der Waals surface area contributed by atoms with Crippen LogP contribution in [0.25, 0.3) is 0 Å². The maximum absolute atomic E-state index is 12.5. The Morgan fingerprint density at radius 1 is 1.35 bits per heavy atom. The molecule has 1 aromatic heterocycles. The molecule has 104 valence electrons. The first-order valence-corrected chi connectivity index (χ1v) is 7.05.